The Hall–Kier alpha value is -2.41. The highest BCUT2D eigenvalue weighted by Crippen LogP contribution is 2.25. The van der Waals surface area contributed by atoms with Crippen molar-refractivity contribution in [3.05, 3.63) is 24.3 Å². The maximum Gasteiger partial charge on any atom is 0.251 e. The number of carbonyl (C=O) groups excluding carboxylic acids is 3. The molecule has 0 spiro atoms. The summed E-state index contributed by atoms with van der Waals surface area (Å²) in [6.45, 7) is 3.10. The number of carbonyl (C=O) groups is 3. The summed E-state index contributed by atoms with van der Waals surface area (Å²) in [5, 5.41) is 5.80. The molecule has 0 bridgehead atoms. The van der Waals surface area contributed by atoms with E-state index >= 15 is 0 Å². The molecule has 7 heteroatoms. The van der Waals surface area contributed by atoms with Crippen LogP contribution in [0.2, 0.25) is 0 Å². The van der Waals surface area contributed by atoms with Crippen LogP contribution in [0.3, 0.4) is 0 Å². The van der Waals surface area contributed by atoms with E-state index in [9.17, 15) is 14.4 Å². The molecular weight excluding hydrogens is 310 g/mol. The van der Waals surface area contributed by atoms with Crippen molar-refractivity contribution in [3.8, 4) is 5.75 Å². The van der Waals surface area contributed by atoms with Gasteiger partial charge in [0.1, 0.15) is 5.75 Å². The third-order valence-corrected chi connectivity index (χ3v) is 4.24. The van der Waals surface area contributed by atoms with Gasteiger partial charge in [0.15, 0.2) is 0 Å². The number of nitrogens with zero attached hydrogens (tertiary/aromatic N) is 1. The Morgan fingerprint density at radius 2 is 1.96 bits per heavy atom. The van der Waals surface area contributed by atoms with E-state index in [1.54, 1.807) is 24.3 Å². The van der Waals surface area contributed by atoms with Gasteiger partial charge in [-0.05, 0) is 44.0 Å². The Bertz CT molecular complexity index is 644. The van der Waals surface area contributed by atoms with Crippen LogP contribution in [0.5, 0.6) is 5.75 Å². The van der Waals surface area contributed by atoms with E-state index in [4.69, 9.17) is 4.74 Å². The highest BCUT2D eigenvalue weighted by atomic mass is 16.5. The van der Waals surface area contributed by atoms with Gasteiger partial charge in [0.25, 0.3) is 5.91 Å². The first-order valence-electron chi connectivity index (χ1n) is 8.23. The average Bonchev–Trinajstić information content (AvgIpc) is 2.85. The lowest BCUT2D eigenvalue weighted by Crippen LogP contribution is -2.53. The van der Waals surface area contributed by atoms with Crippen LogP contribution >= 0.6 is 0 Å². The number of hydrogen-bond donors (Lipinski definition) is 2. The van der Waals surface area contributed by atoms with Crippen molar-refractivity contribution >= 4 is 23.4 Å². The van der Waals surface area contributed by atoms with E-state index in [-0.39, 0.29) is 24.1 Å². The normalized spacial score (nSPS) is 24.2. The number of anilines is 1. The number of benzene rings is 1. The number of hydrogen-bond acceptors (Lipinski definition) is 5. The number of imide groups is 1. The predicted molar refractivity (Wildman–Crippen MR) is 87.7 cm³/mol. The van der Waals surface area contributed by atoms with E-state index in [0.717, 1.165) is 6.42 Å². The molecule has 2 aliphatic rings. The smallest absolute Gasteiger partial charge is 0.251 e. The molecule has 3 amide bonds. The summed E-state index contributed by atoms with van der Waals surface area (Å²) >= 11 is 0. The summed E-state index contributed by atoms with van der Waals surface area (Å²) in [6.07, 6.45) is 1.60. The SMILES string of the molecule is CCOc1ccc(N2C(=O)CC(NC3CCCNC3=O)C2=O)cc1. The van der Waals surface area contributed by atoms with Crippen LogP contribution in [0.25, 0.3) is 0 Å². The van der Waals surface area contributed by atoms with Gasteiger partial charge in [-0.25, -0.2) is 4.90 Å². The van der Waals surface area contributed by atoms with Crippen LogP contribution in [0.4, 0.5) is 5.69 Å². The minimum atomic E-state index is -0.655. The lowest BCUT2D eigenvalue weighted by Gasteiger charge is -2.25. The molecule has 3 rings (SSSR count). The van der Waals surface area contributed by atoms with Gasteiger partial charge in [0, 0.05) is 6.54 Å². The molecule has 2 atom stereocenters. The minimum absolute atomic E-state index is 0.0653. The first-order valence-corrected chi connectivity index (χ1v) is 8.23. The summed E-state index contributed by atoms with van der Waals surface area (Å²) in [5.41, 5.74) is 0.519. The van der Waals surface area contributed by atoms with Crippen LogP contribution in [0, 0.1) is 0 Å². The van der Waals surface area contributed by atoms with Crippen molar-refractivity contribution in [1.82, 2.24) is 10.6 Å². The third-order valence-electron chi connectivity index (χ3n) is 4.24. The number of rotatable bonds is 5. The van der Waals surface area contributed by atoms with Gasteiger partial charge in [-0.1, -0.05) is 0 Å². The zero-order chi connectivity index (χ0) is 17.1. The van der Waals surface area contributed by atoms with E-state index in [0.29, 0.717) is 31.0 Å². The van der Waals surface area contributed by atoms with Crippen molar-refractivity contribution < 1.29 is 19.1 Å². The molecule has 0 aromatic heterocycles. The molecule has 2 fully saturated rings. The topological polar surface area (TPSA) is 87.7 Å². The molecule has 1 aromatic rings. The third kappa shape index (κ3) is 3.26. The maximum atomic E-state index is 12.6. The molecule has 2 unspecified atom stereocenters. The van der Waals surface area contributed by atoms with Gasteiger partial charge >= 0.3 is 0 Å². The van der Waals surface area contributed by atoms with Gasteiger partial charge in [0.2, 0.25) is 11.8 Å². The Morgan fingerprint density at radius 1 is 1.21 bits per heavy atom. The Balaban J connectivity index is 1.70. The fraction of sp³-hybridized carbons (Fsp3) is 0.471. The summed E-state index contributed by atoms with van der Waals surface area (Å²) in [5.74, 6) is -0.00433. The number of nitrogens with one attached hydrogen (secondary N) is 2. The second-order valence-electron chi connectivity index (χ2n) is 5.90. The zero-order valence-corrected chi connectivity index (χ0v) is 13.6. The van der Waals surface area contributed by atoms with Gasteiger partial charge in [-0.3, -0.25) is 19.7 Å². The first kappa shape index (κ1) is 16.4. The number of amides is 3. The Labute approximate surface area is 140 Å². The highest BCUT2D eigenvalue weighted by Gasteiger charge is 2.41. The standard InChI is InChI=1S/C17H21N3O4/c1-2-24-12-7-5-11(6-8-12)20-15(21)10-14(17(20)23)19-13-4-3-9-18-16(13)22/h5-8,13-14,19H,2-4,9-10H2,1H3,(H,18,22). The molecule has 0 saturated carbocycles. The molecule has 1 aromatic carbocycles. The minimum Gasteiger partial charge on any atom is -0.494 e. The molecule has 24 heavy (non-hydrogen) atoms. The second-order valence-corrected chi connectivity index (χ2v) is 5.90. The molecule has 0 aliphatic carbocycles. The maximum absolute atomic E-state index is 12.6. The van der Waals surface area contributed by atoms with E-state index < -0.39 is 12.1 Å². The van der Waals surface area contributed by atoms with Crippen molar-refractivity contribution in [2.24, 2.45) is 0 Å². The van der Waals surface area contributed by atoms with Crippen molar-refractivity contribution in [2.75, 3.05) is 18.1 Å². The predicted octanol–water partition coefficient (Wildman–Crippen LogP) is 0.585. The van der Waals surface area contributed by atoms with Gasteiger partial charge in [-0.2, -0.15) is 0 Å². The molecule has 2 N–H and O–H groups in total. The molecular formula is C17H21N3O4. The summed E-state index contributed by atoms with van der Waals surface area (Å²) in [6, 6.07) is 5.77. The Kier molecular flexibility index (Phi) is 4.80. The lowest BCUT2D eigenvalue weighted by molar-refractivity contribution is -0.125. The lowest BCUT2D eigenvalue weighted by atomic mass is 10.1. The molecule has 2 saturated heterocycles. The quantitative estimate of drug-likeness (QED) is 0.771. The summed E-state index contributed by atoms with van der Waals surface area (Å²) in [4.78, 5) is 37.8. The highest BCUT2D eigenvalue weighted by molar-refractivity contribution is 6.22. The molecule has 2 aliphatic heterocycles. The van der Waals surface area contributed by atoms with Crippen LogP contribution < -0.4 is 20.3 Å². The molecule has 128 valence electrons. The number of piperidine rings is 1. The average molecular weight is 331 g/mol. The van der Waals surface area contributed by atoms with Crippen molar-refractivity contribution in [1.29, 1.82) is 0 Å². The molecule has 2 heterocycles. The molecule has 7 nitrogen and oxygen atoms in total. The largest absolute Gasteiger partial charge is 0.494 e. The summed E-state index contributed by atoms with van der Waals surface area (Å²) < 4.78 is 5.37. The van der Waals surface area contributed by atoms with E-state index in [2.05, 4.69) is 10.6 Å². The Morgan fingerprint density at radius 3 is 2.62 bits per heavy atom. The zero-order valence-electron chi connectivity index (χ0n) is 13.6. The van der Waals surface area contributed by atoms with Gasteiger partial charge < -0.3 is 10.1 Å². The van der Waals surface area contributed by atoms with Crippen LogP contribution in [0.1, 0.15) is 26.2 Å². The van der Waals surface area contributed by atoms with Crippen LogP contribution in [0.15, 0.2) is 24.3 Å². The van der Waals surface area contributed by atoms with E-state index in [1.165, 1.54) is 4.90 Å². The molecule has 0 radical (unpaired) electrons. The second kappa shape index (κ2) is 7.00. The first-order chi connectivity index (χ1) is 11.6. The number of ether oxygens (including phenoxy) is 1. The van der Waals surface area contributed by atoms with E-state index in [1.807, 2.05) is 6.92 Å². The van der Waals surface area contributed by atoms with Crippen molar-refractivity contribution in [3.63, 3.8) is 0 Å². The monoisotopic (exact) mass is 331 g/mol. The fourth-order valence-corrected chi connectivity index (χ4v) is 3.07. The van der Waals surface area contributed by atoms with Crippen LogP contribution in [-0.2, 0) is 14.4 Å². The summed E-state index contributed by atoms with van der Waals surface area (Å²) in [7, 11) is 0. The van der Waals surface area contributed by atoms with Crippen LogP contribution in [-0.4, -0.2) is 43.0 Å². The fourth-order valence-electron chi connectivity index (χ4n) is 3.07. The van der Waals surface area contributed by atoms with Crippen molar-refractivity contribution in [2.45, 2.75) is 38.3 Å². The van der Waals surface area contributed by atoms with Gasteiger partial charge in [0.05, 0.1) is 30.8 Å². The van der Waals surface area contributed by atoms with Gasteiger partial charge in [-0.15, -0.1) is 0 Å².